The summed E-state index contributed by atoms with van der Waals surface area (Å²) in [6.07, 6.45) is 2.26. The first-order valence-corrected chi connectivity index (χ1v) is 7.79. The lowest BCUT2D eigenvalue weighted by molar-refractivity contribution is -0.116. The number of hydrogen-bond donors (Lipinski definition) is 1. The minimum absolute atomic E-state index is 0.00451. The van der Waals surface area contributed by atoms with Gasteiger partial charge in [-0.05, 0) is 23.8 Å². The van der Waals surface area contributed by atoms with Gasteiger partial charge < -0.3 is 5.32 Å². The van der Waals surface area contributed by atoms with Gasteiger partial charge in [-0.15, -0.1) is 0 Å². The molecule has 4 rings (SSSR count). The van der Waals surface area contributed by atoms with Gasteiger partial charge in [0.2, 0.25) is 5.91 Å². The van der Waals surface area contributed by atoms with Gasteiger partial charge >= 0.3 is 0 Å². The number of aromatic nitrogens is 2. The first-order chi connectivity index (χ1) is 11.2. The number of benzene rings is 2. The summed E-state index contributed by atoms with van der Waals surface area (Å²) in [7, 11) is 0. The molecule has 2 aromatic carbocycles. The van der Waals surface area contributed by atoms with Crippen LogP contribution in [0.3, 0.4) is 0 Å². The minimum atomic E-state index is -0.00451. The van der Waals surface area contributed by atoms with Crippen LogP contribution < -0.4 is 5.32 Å². The second-order valence-corrected chi connectivity index (χ2v) is 5.99. The van der Waals surface area contributed by atoms with E-state index in [2.05, 4.69) is 10.4 Å². The third-order valence-corrected chi connectivity index (χ3v) is 4.31. The Bertz CT molecular complexity index is 873. The first kappa shape index (κ1) is 14.0. The summed E-state index contributed by atoms with van der Waals surface area (Å²) in [5, 5.41) is 8.04. The molecule has 0 aliphatic carbocycles. The Kier molecular flexibility index (Phi) is 3.39. The molecule has 0 fully saturated rings. The summed E-state index contributed by atoms with van der Waals surface area (Å²) < 4.78 is 1.73. The number of amides is 1. The molecular formula is C18H14ClN3O. The molecule has 2 heterocycles. The van der Waals surface area contributed by atoms with Crippen LogP contribution in [-0.4, -0.2) is 15.7 Å². The fourth-order valence-electron chi connectivity index (χ4n) is 3.01. The van der Waals surface area contributed by atoms with Crippen molar-refractivity contribution in [3.63, 3.8) is 0 Å². The Morgan fingerprint density at radius 2 is 1.96 bits per heavy atom. The zero-order valence-electron chi connectivity index (χ0n) is 12.2. The van der Waals surface area contributed by atoms with Gasteiger partial charge in [-0.3, -0.25) is 4.79 Å². The first-order valence-electron chi connectivity index (χ1n) is 7.41. The van der Waals surface area contributed by atoms with Crippen LogP contribution in [0.25, 0.3) is 5.69 Å². The molecule has 1 aromatic heterocycles. The predicted octanol–water partition coefficient (Wildman–Crippen LogP) is 4.00. The molecule has 1 aliphatic heterocycles. The quantitative estimate of drug-likeness (QED) is 0.775. The molecule has 0 saturated heterocycles. The zero-order valence-corrected chi connectivity index (χ0v) is 13.0. The molecule has 23 heavy (non-hydrogen) atoms. The predicted molar refractivity (Wildman–Crippen MR) is 90.1 cm³/mol. The van der Waals surface area contributed by atoms with E-state index in [0.29, 0.717) is 11.4 Å². The van der Waals surface area contributed by atoms with E-state index in [4.69, 9.17) is 11.6 Å². The van der Waals surface area contributed by atoms with Crippen LogP contribution in [0.2, 0.25) is 5.02 Å². The van der Waals surface area contributed by atoms with Crippen molar-refractivity contribution >= 4 is 23.3 Å². The van der Waals surface area contributed by atoms with E-state index in [1.54, 1.807) is 4.68 Å². The van der Waals surface area contributed by atoms with Crippen molar-refractivity contribution in [2.75, 3.05) is 5.32 Å². The highest BCUT2D eigenvalue weighted by Gasteiger charge is 2.30. The van der Waals surface area contributed by atoms with Crippen LogP contribution in [0.15, 0.2) is 60.8 Å². The van der Waals surface area contributed by atoms with Crippen molar-refractivity contribution in [2.24, 2.45) is 0 Å². The van der Waals surface area contributed by atoms with Crippen molar-refractivity contribution in [1.82, 2.24) is 9.78 Å². The summed E-state index contributed by atoms with van der Waals surface area (Å²) >= 11 is 6.07. The molecule has 3 aromatic rings. The van der Waals surface area contributed by atoms with Gasteiger partial charge in [0.1, 0.15) is 5.82 Å². The fourth-order valence-corrected chi connectivity index (χ4v) is 3.19. The third-order valence-electron chi connectivity index (χ3n) is 4.07. The molecule has 114 valence electrons. The lowest BCUT2D eigenvalue weighted by Gasteiger charge is -2.23. The second-order valence-electron chi connectivity index (χ2n) is 5.56. The Morgan fingerprint density at radius 1 is 1.13 bits per heavy atom. The number of anilines is 1. The maximum atomic E-state index is 12.2. The number of nitrogens with one attached hydrogen (secondary N) is 1. The van der Waals surface area contributed by atoms with Gasteiger partial charge in [-0.2, -0.15) is 5.10 Å². The van der Waals surface area contributed by atoms with Crippen LogP contribution in [-0.2, 0) is 4.79 Å². The highest BCUT2D eigenvalue weighted by molar-refractivity contribution is 6.30. The molecule has 5 heteroatoms. The normalized spacial score (nSPS) is 16.7. The van der Waals surface area contributed by atoms with Crippen LogP contribution in [0, 0.1) is 0 Å². The highest BCUT2D eigenvalue weighted by atomic mass is 35.5. The molecule has 1 aliphatic rings. The standard InChI is InChI=1S/C18H14ClN3O/c19-13-7-4-8-14(9-13)22-18-16(11-20-22)15(10-17(23)21-18)12-5-2-1-3-6-12/h1-9,11,15H,10H2,(H,21,23)/t15-/m1/s1. The van der Waals surface area contributed by atoms with Crippen molar-refractivity contribution in [3.8, 4) is 5.69 Å². The molecule has 0 bridgehead atoms. The molecule has 0 saturated carbocycles. The van der Waals surface area contributed by atoms with E-state index in [9.17, 15) is 4.79 Å². The Morgan fingerprint density at radius 3 is 2.74 bits per heavy atom. The number of rotatable bonds is 2. The Balaban J connectivity index is 1.83. The van der Waals surface area contributed by atoms with Crippen LogP contribution in [0.4, 0.5) is 5.82 Å². The van der Waals surface area contributed by atoms with Crippen LogP contribution in [0.5, 0.6) is 0 Å². The highest BCUT2D eigenvalue weighted by Crippen LogP contribution is 2.38. The second kappa shape index (κ2) is 5.56. The number of halogens is 1. The average molecular weight is 324 g/mol. The van der Waals surface area contributed by atoms with Crippen molar-refractivity contribution in [1.29, 1.82) is 0 Å². The van der Waals surface area contributed by atoms with Gasteiger partial charge in [0.25, 0.3) is 0 Å². The van der Waals surface area contributed by atoms with Crippen molar-refractivity contribution in [2.45, 2.75) is 12.3 Å². The largest absolute Gasteiger partial charge is 0.310 e. The maximum absolute atomic E-state index is 12.2. The molecule has 4 nitrogen and oxygen atoms in total. The van der Waals surface area contributed by atoms with Crippen LogP contribution in [0.1, 0.15) is 23.5 Å². The molecule has 0 unspecified atom stereocenters. The SMILES string of the molecule is O=C1C[C@H](c2ccccc2)c2cnn(-c3cccc(Cl)c3)c2N1. The molecule has 1 N–H and O–H groups in total. The van der Waals surface area contributed by atoms with E-state index >= 15 is 0 Å². The third kappa shape index (κ3) is 2.51. The van der Waals surface area contributed by atoms with Gasteiger partial charge in [-0.1, -0.05) is 48.0 Å². The van der Waals surface area contributed by atoms with E-state index in [-0.39, 0.29) is 11.8 Å². The number of carbonyl (C=O) groups excluding carboxylic acids is 1. The van der Waals surface area contributed by atoms with Gasteiger partial charge in [0.15, 0.2) is 0 Å². The monoisotopic (exact) mass is 323 g/mol. The number of nitrogens with zero attached hydrogens (tertiary/aromatic N) is 2. The smallest absolute Gasteiger partial charge is 0.226 e. The van der Waals surface area contributed by atoms with Crippen molar-refractivity contribution in [3.05, 3.63) is 76.9 Å². The van der Waals surface area contributed by atoms with Crippen LogP contribution >= 0.6 is 11.6 Å². The van der Waals surface area contributed by atoms with E-state index in [0.717, 1.165) is 22.6 Å². The Labute approximate surface area is 138 Å². The Hall–Kier alpha value is -2.59. The van der Waals surface area contributed by atoms with Crippen molar-refractivity contribution < 1.29 is 4.79 Å². The molecule has 0 radical (unpaired) electrons. The zero-order chi connectivity index (χ0) is 15.8. The summed E-state index contributed by atoms with van der Waals surface area (Å²) in [6.45, 7) is 0. The van der Waals surface area contributed by atoms with Gasteiger partial charge in [-0.25, -0.2) is 4.68 Å². The van der Waals surface area contributed by atoms with E-state index < -0.39 is 0 Å². The topological polar surface area (TPSA) is 46.9 Å². The molecular weight excluding hydrogens is 310 g/mol. The summed E-state index contributed by atoms with van der Waals surface area (Å²) in [5.41, 5.74) is 2.97. The summed E-state index contributed by atoms with van der Waals surface area (Å²) in [5.74, 6) is 0.736. The number of fused-ring (bicyclic) bond motifs is 1. The average Bonchev–Trinajstić information content (AvgIpc) is 2.98. The number of hydrogen-bond acceptors (Lipinski definition) is 2. The summed E-state index contributed by atoms with van der Waals surface area (Å²) in [4.78, 5) is 12.2. The molecule has 1 amide bonds. The lowest BCUT2D eigenvalue weighted by atomic mass is 9.87. The van der Waals surface area contributed by atoms with E-state index in [1.807, 2.05) is 60.8 Å². The maximum Gasteiger partial charge on any atom is 0.226 e. The molecule has 1 atom stereocenters. The minimum Gasteiger partial charge on any atom is -0.310 e. The fraction of sp³-hybridized carbons (Fsp3) is 0.111. The van der Waals surface area contributed by atoms with Gasteiger partial charge in [0, 0.05) is 22.9 Å². The van der Waals surface area contributed by atoms with E-state index in [1.165, 1.54) is 0 Å². The molecule has 0 spiro atoms. The summed E-state index contributed by atoms with van der Waals surface area (Å²) in [6, 6.07) is 17.5. The van der Waals surface area contributed by atoms with Gasteiger partial charge in [0.05, 0.1) is 11.9 Å². The lowest BCUT2D eigenvalue weighted by Crippen LogP contribution is -2.24. The number of carbonyl (C=O) groups is 1.